The Hall–Kier alpha value is -3.44. The van der Waals surface area contributed by atoms with Crippen molar-refractivity contribution in [2.75, 3.05) is 6.54 Å². The van der Waals surface area contributed by atoms with Crippen LogP contribution in [0.2, 0.25) is 0 Å². The van der Waals surface area contributed by atoms with Gasteiger partial charge in [0.25, 0.3) is 18.3 Å². The van der Waals surface area contributed by atoms with Crippen molar-refractivity contribution in [3.63, 3.8) is 0 Å². The van der Waals surface area contributed by atoms with Crippen LogP contribution in [0.1, 0.15) is 59.5 Å². The van der Waals surface area contributed by atoms with Gasteiger partial charge in [-0.1, -0.05) is 0 Å². The highest BCUT2D eigenvalue weighted by Gasteiger charge is 2.36. The fraction of sp³-hybridized carbons (Fsp3) is 0.381. The molecule has 1 aliphatic carbocycles. The SMILES string of the molecule is CC(c1ncnn1-c1ncccn1)N(CC1CC1)C(=O)c1cc(C(F)F)cc(C(F)(F)F)c1. The minimum Gasteiger partial charge on any atom is -0.328 e. The van der Waals surface area contributed by atoms with Crippen LogP contribution in [0.3, 0.4) is 0 Å². The molecule has 1 atom stereocenters. The number of alkyl halides is 5. The summed E-state index contributed by atoms with van der Waals surface area (Å²) in [7, 11) is 0. The second-order valence-electron chi connectivity index (χ2n) is 7.80. The molecule has 2 aromatic heterocycles. The fourth-order valence-electron chi connectivity index (χ4n) is 3.46. The van der Waals surface area contributed by atoms with Gasteiger partial charge in [0.15, 0.2) is 5.82 Å². The van der Waals surface area contributed by atoms with Crippen LogP contribution in [0.4, 0.5) is 22.0 Å². The van der Waals surface area contributed by atoms with E-state index in [0.717, 1.165) is 18.9 Å². The number of rotatable bonds is 7. The Kier molecular flexibility index (Phi) is 6.09. The largest absolute Gasteiger partial charge is 0.416 e. The maximum Gasteiger partial charge on any atom is 0.416 e. The molecule has 1 aliphatic rings. The molecule has 0 saturated heterocycles. The van der Waals surface area contributed by atoms with E-state index in [4.69, 9.17) is 0 Å². The minimum absolute atomic E-state index is 0.168. The summed E-state index contributed by atoms with van der Waals surface area (Å²) in [6.45, 7) is 1.88. The van der Waals surface area contributed by atoms with E-state index in [1.807, 2.05) is 0 Å². The molecule has 4 rings (SSSR count). The quantitative estimate of drug-likeness (QED) is 0.475. The molecule has 3 aromatic rings. The number of nitrogens with zero attached hydrogens (tertiary/aromatic N) is 6. The Labute approximate surface area is 185 Å². The molecular formula is C21H19F5N6O. The van der Waals surface area contributed by atoms with Gasteiger partial charge in [0.2, 0.25) is 0 Å². The van der Waals surface area contributed by atoms with E-state index in [1.54, 1.807) is 13.0 Å². The molecule has 174 valence electrons. The maximum atomic E-state index is 13.4. The van der Waals surface area contributed by atoms with E-state index in [-0.39, 0.29) is 24.2 Å². The predicted octanol–water partition coefficient (Wildman–Crippen LogP) is 4.63. The Morgan fingerprint density at radius 2 is 1.85 bits per heavy atom. The topological polar surface area (TPSA) is 76.8 Å². The molecule has 12 heteroatoms. The Bertz CT molecular complexity index is 1130. The summed E-state index contributed by atoms with van der Waals surface area (Å²) in [5.41, 5.74) is -2.63. The second-order valence-corrected chi connectivity index (χ2v) is 7.80. The average molecular weight is 466 g/mol. The van der Waals surface area contributed by atoms with Gasteiger partial charge in [0.1, 0.15) is 6.33 Å². The summed E-state index contributed by atoms with van der Waals surface area (Å²) < 4.78 is 67.9. The molecule has 1 saturated carbocycles. The molecular weight excluding hydrogens is 447 g/mol. The van der Waals surface area contributed by atoms with Crippen molar-refractivity contribution in [2.24, 2.45) is 5.92 Å². The Morgan fingerprint density at radius 1 is 1.15 bits per heavy atom. The van der Waals surface area contributed by atoms with Gasteiger partial charge >= 0.3 is 6.18 Å². The molecule has 2 heterocycles. The molecule has 0 bridgehead atoms. The number of carbonyl (C=O) groups is 1. The van der Waals surface area contributed by atoms with Gasteiger partial charge in [-0.25, -0.2) is 23.7 Å². The Morgan fingerprint density at radius 3 is 2.45 bits per heavy atom. The molecule has 0 radical (unpaired) electrons. The summed E-state index contributed by atoms with van der Waals surface area (Å²) >= 11 is 0. The molecule has 0 spiro atoms. The van der Waals surface area contributed by atoms with E-state index in [0.29, 0.717) is 12.1 Å². The molecule has 1 unspecified atom stereocenters. The first kappa shape index (κ1) is 22.7. The van der Waals surface area contributed by atoms with Crippen LogP contribution in [0, 0.1) is 5.92 Å². The van der Waals surface area contributed by atoms with Crippen LogP contribution in [0.25, 0.3) is 5.95 Å². The molecule has 1 amide bonds. The number of hydrogen-bond donors (Lipinski definition) is 0. The van der Waals surface area contributed by atoms with Gasteiger partial charge in [-0.15, -0.1) is 0 Å². The summed E-state index contributed by atoms with van der Waals surface area (Å²) in [5.74, 6) is -0.141. The van der Waals surface area contributed by atoms with E-state index in [1.165, 1.54) is 28.3 Å². The number of benzene rings is 1. The lowest BCUT2D eigenvalue weighted by molar-refractivity contribution is -0.137. The van der Waals surface area contributed by atoms with Gasteiger partial charge in [-0.2, -0.15) is 23.0 Å². The van der Waals surface area contributed by atoms with Crippen LogP contribution in [-0.2, 0) is 6.18 Å². The first-order chi connectivity index (χ1) is 15.6. The third-order valence-electron chi connectivity index (χ3n) is 5.35. The van der Waals surface area contributed by atoms with Gasteiger partial charge < -0.3 is 4.90 Å². The van der Waals surface area contributed by atoms with Crippen molar-refractivity contribution in [2.45, 2.75) is 38.4 Å². The highest BCUT2D eigenvalue weighted by atomic mass is 19.4. The first-order valence-corrected chi connectivity index (χ1v) is 10.1. The van der Waals surface area contributed by atoms with Crippen molar-refractivity contribution in [1.29, 1.82) is 0 Å². The highest BCUT2D eigenvalue weighted by molar-refractivity contribution is 5.95. The van der Waals surface area contributed by atoms with Gasteiger partial charge in [-0.05, 0) is 49.9 Å². The van der Waals surface area contributed by atoms with Crippen molar-refractivity contribution in [3.8, 4) is 5.95 Å². The fourth-order valence-corrected chi connectivity index (χ4v) is 3.46. The van der Waals surface area contributed by atoms with Crippen LogP contribution in [0.15, 0.2) is 43.0 Å². The smallest absolute Gasteiger partial charge is 0.328 e. The molecule has 0 aliphatic heterocycles. The zero-order chi connectivity index (χ0) is 23.8. The summed E-state index contributed by atoms with van der Waals surface area (Å²) in [6.07, 6.45) is -2.07. The van der Waals surface area contributed by atoms with Crippen molar-refractivity contribution < 1.29 is 26.7 Å². The standard InChI is InChI=1S/C21H19F5N6O/c1-12(18-29-11-30-32(18)20-27-5-2-6-28-20)31(10-13-3-4-13)19(33)15-7-14(17(22)23)8-16(9-15)21(24,25)26/h2,5-9,11-13,17H,3-4,10H2,1H3. The number of carbonyl (C=O) groups excluding carboxylic acids is 1. The van der Waals surface area contributed by atoms with Gasteiger partial charge in [0, 0.05) is 30.1 Å². The zero-order valence-corrected chi connectivity index (χ0v) is 17.4. The van der Waals surface area contributed by atoms with Crippen molar-refractivity contribution in [1.82, 2.24) is 29.6 Å². The molecule has 1 aromatic carbocycles. The summed E-state index contributed by atoms with van der Waals surface area (Å²) in [6, 6.07) is 2.64. The van der Waals surface area contributed by atoms with E-state index in [9.17, 15) is 26.7 Å². The zero-order valence-electron chi connectivity index (χ0n) is 17.4. The van der Waals surface area contributed by atoms with Crippen LogP contribution in [0.5, 0.6) is 0 Å². The minimum atomic E-state index is -4.88. The molecule has 7 nitrogen and oxygen atoms in total. The molecule has 1 fully saturated rings. The molecule has 0 N–H and O–H groups in total. The number of halogens is 5. The van der Waals surface area contributed by atoms with E-state index in [2.05, 4.69) is 20.1 Å². The summed E-state index contributed by atoms with van der Waals surface area (Å²) in [5, 5.41) is 4.10. The number of hydrogen-bond acceptors (Lipinski definition) is 5. The lowest BCUT2D eigenvalue weighted by atomic mass is 10.0. The highest BCUT2D eigenvalue weighted by Crippen LogP contribution is 2.36. The lowest BCUT2D eigenvalue weighted by Gasteiger charge is -2.29. The van der Waals surface area contributed by atoms with Crippen LogP contribution >= 0.6 is 0 Å². The third kappa shape index (κ3) is 4.99. The second kappa shape index (κ2) is 8.83. The maximum absolute atomic E-state index is 13.4. The predicted molar refractivity (Wildman–Crippen MR) is 106 cm³/mol. The summed E-state index contributed by atoms with van der Waals surface area (Å²) in [4.78, 5) is 27.1. The normalized spacial score (nSPS) is 15.0. The third-order valence-corrected chi connectivity index (χ3v) is 5.35. The van der Waals surface area contributed by atoms with Gasteiger partial charge in [-0.3, -0.25) is 4.79 Å². The van der Waals surface area contributed by atoms with Gasteiger partial charge in [0.05, 0.1) is 11.6 Å². The van der Waals surface area contributed by atoms with E-state index < -0.39 is 41.2 Å². The average Bonchev–Trinajstić information content (AvgIpc) is 3.48. The van der Waals surface area contributed by atoms with Crippen molar-refractivity contribution in [3.05, 3.63) is 65.5 Å². The lowest BCUT2D eigenvalue weighted by Crippen LogP contribution is -2.37. The monoisotopic (exact) mass is 466 g/mol. The van der Waals surface area contributed by atoms with Crippen LogP contribution in [-0.4, -0.2) is 42.1 Å². The Balaban J connectivity index is 1.73. The van der Waals surface area contributed by atoms with Crippen LogP contribution < -0.4 is 0 Å². The van der Waals surface area contributed by atoms with Crippen molar-refractivity contribution >= 4 is 5.91 Å². The first-order valence-electron chi connectivity index (χ1n) is 10.1. The van der Waals surface area contributed by atoms with E-state index >= 15 is 0 Å². The number of aromatic nitrogens is 5. The number of amides is 1. The molecule has 33 heavy (non-hydrogen) atoms.